The van der Waals surface area contributed by atoms with Gasteiger partial charge in [-0.05, 0) is 32.9 Å². The molecular weight excluding hydrogens is 317 g/mol. The van der Waals surface area contributed by atoms with Crippen molar-refractivity contribution in [2.45, 2.75) is 26.4 Å². The second kappa shape index (κ2) is 6.76. The molecule has 5 nitrogen and oxygen atoms in total. The van der Waals surface area contributed by atoms with Gasteiger partial charge in [0.25, 0.3) is 0 Å². The maximum absolute atomic E-state index is 11.2. The fraction of sp³-hybridized carbons (Fsp3) is 0.286. The molecule has 0 saturated carbocycles. The first kappa shape index (κ1) is 17.2. The molecule has 1 aromatic carbocycles. The minimum Gasteiger partial charge on any atom is -0.488 e. The number of rotatable bonds is 4. The highest BCUT2D eigenvalue weighted by atomic mass is 35.5. The second-order valence-corrected chi connectivity index (χ2v) is 5.99. The van der Waals surface area contributed by atoms with Gasteiger partial charge in [-0.3, -0.25) is 0 Å². The molecule has 0 radical (unpaired) electrons. The molecule has 0 aliphatic heterocycles. The Morgan fingerprint density at radius 2 is 1.95 bits per heavy atom. The highest BCUT2D eigenvalue weighted by Crippen LogP contribution is 2.35. The van der Waals surface area contributed by atoms with Crippen molar-refractivity contribution < 1.29 is 19.4 Å². The third-order valence-electron chi connectivity index (χ3n) is 2.23. The molecule has 0 atom stereocenters. The molecule has 0 aliphatic rings. The Morgan fingerprint density at radius 1 is 1.33 bits per heavy atom. The van der Waals surface area contributed by atoms with Crippen molar-refractivity contribution >= 4 is 46.5 Å². The van der Waals surface area contributed by atoms with Crippen LogP contribution in [-0.4, -0.2) is 22.8 Å². The number of ether oxygens (including phenoxy) is 1. The standard InChI is InChI=1S/C14H13Cl2NO4/c1-14(2,3)21-8-4-5-9(10(6-8)17-7-18)11(12(15)16)13(19)20/h4-6H,1-3H3,(H,19,20). The molecule has 1 N–H and O–H groups in total. The molecule has 0 aromatic heterocycles. The predicted octanol–water partition coefficient (Wildman–Crippen LogP) is 4.06. The van der Waals surface area contributed by atoms with Crippen LogP contribution in [0.1, 0.15) is 26.3 Å². The number of hydrogen-bond acceptors (Lipinski definition) is 4. The van der Waals surface area contributed by atoms with Gasteiger partial charge in [0, 0.05) is 11.6 Å². The summed E-state index contributed by atoms with van der Waals surface area (Å²) in [4.78, 5) is 25.2. The van der Waals surface area contributed by atoms with E-state index in [2.05, 4.69) is 4.99 Å². The summed E-state index contributed by atoms with van der Waals surface area (Å²) in [6, 6.07) is 4.39. The van der Waals surface area contributed by atoms with Crippen LogP contribution in [0.5, 0.6) is 5.75 Å². The molecule has 7 heteroatoms. The van der Waals surface area contributed by atoms with Crippen LogP contribution in [0.15, 0.2) is 27.7 Å². The van der Waals surface area contributed by atoms with E-state index in [-0.39, 0.29) is 16.8 Å². The lowest BCUT2D eigenvalue weighted by atomic mass is 10.0. The summed E-state index contributed by atoms with van der Waals surface area (Å²) in [6.07, 6.45) is 1.36. The van der Waals surface area contributed by atoms with E-state index in [1.807, 2.05) is 20.8 Å². The van der Waals surface area contributed by atoms with Gasteiger partial charge in [0.2, 0.25) is 6.08 Å². The molecule has 0 amide bonds. The monoisotopic (exact) mass is 329 g/mol. The molecule has 0 saturated heterocycles. The van der Waals surface area contributed by atoms with E-state index in [9.17, 15) is 9.59 Å². The Morgan fingerprint density at radius 3 is 2.38 bits per heavy atom. The summed E-state index contributed by atoms with van der Waals surface area (Å²) in [5.74, 6) is -0.905. The third-order valence-corrected chi connectivity index (χ3v) is 2.61. The Kier molecular flexibility index (Phi) is 5.55. The van der Waals surface area contributed by atoms with Crippen molar-refractivity contribution in [3.63, 3.8) is 0 Å². The molecule has 1 rings (SSSR count). The number of carbonyl (C=O) groups is 1. The first-order chi connectivity index (χ1) is 9.65. The fourth-order valence-corrected chi connectivity index (χ4v) is 1.94. The molecule has 0 bridgehead atoms. The largest absolute Gasteiger partial charge is 0.488 e. The average molecular weight is 330 g/mol. The van der Waals surface area contributed by atoms with E-state index in [4.69, 9.17) is 33.0 Å². The maximum Gasteiger partial charge on any atom is 0.338 e. The molecule has 0 unspecified atom stereocenters. The summed E-state index contributed by atoms with van der Waals surface area (Å²) in [5, 5.41) is 9.15. The van der Waals surface area contributed by atoms with Gasteiger partial charge < -0.3 is 9.84 Å². The van der Waals surface area contributed by atoms with Crippen molar-refractivity contribution in [3.8, 4) is 5.75 Å². The lowest BCUT2D eigenvalue weighted by Crippen LogP contribution is -2.22. The number of carboxylic acids is 1. The molecule has 0 fully saturated rings. The smallest absolute Gasteiger partial charge is 0.338 e. The molecule has 0 spiro atoms. The zero-order chi connectivity index (χ0) is 16.2. The van der Waals surface area contributed by atoms with Gasteiger partial charge >= 0.3 is 5.97 Å². The zero-order valence-electron chi connectivity index (χ0n) is 11.6. The Balaban J connectivity index is 3.45. The van der Waals surface area contributed by atoms with Gasteiger partial charge in [0.05, 0.1) is 11.3 Å². The van der Waals surface area contributed by atoms with Crippen LogP contribution < -0.4 is 4.74 Å². The lowest BCUT2D eigenvalue weighted by molar-refractivity contribution is -0.130. The van der Waals surface area contributed by atoms with Gasteiger partial charge in [-0.25, -0.2) is 9.59 Å². The van der Waals surface area contributed by atoms with Gasteiger partial charge in [-0.1, -0.05) is 23.2 Å². The number of hydrogen-bond donors (Lipinski definition) is 1. The van der Waals surface area contributed by atoms with Crippen LogP contribution in [0.25, 0.3) is 5.57 Å². The number of aliphatic imine (C=N–C) groups is 1. The Bertz CT molecular complexity index is 637. The van der Waals surface area contributed by atoms with Crippen molar-refractivity contribution in [3.05, 3.63) is 28.3 Å². The lowest BCUT2D eigenvalue weighted by Gasteiger charge is -2.21. The average Bonchev–Trinajstić information content (AvgIpc) is 2.29. The van der Waals surface area contributed by atoms with E-state index in [1.54, 1.807) is 6.07 Å². The Hall–Kier alpha value is -1.81. The van der Waals surface area contributed by atoms with E-state index >= 15 is 0 Å². The molecular formula is C14H13Cl2NO4. The normalized spacial score (nSPS) is 10.5. The van der Waals surface area contributed by atoms with Crippen molar-refractivity contribution in [1.29, 1.82) is 0 Å². The fourth-order valence-electron chi connectivity index (χ4n) is 1.58. The quantitative estimate of drug-likeness (QED) is 0.513. The number of isocyanates is 1. The van der Waals surface area contributed by atoms with E-state index < -0.39 is 16.1 Å². The number of benzene rings is 1. The van der Waals surface area contributed by atoms with E-state index in [0.29, 0.717) is 5.75 Å². The minimum atomic E-state index is -1.33. The van der Waals surface area contributed by atoms with Gasteiger partial charge in [-0.2, -0.15) is 4.99 Å². The van der Waals surface area contributed by atoms with E-state index in [0.717, 1.165) is 0 Å². The van der Waals surface area contributed by atoms with Gasteiger partial charge in [0.1, 0.15) is 15.8 Å². The number of carbonyl (C=O) groups excluding carboxylic acids is 1. The molecule has 0 aliphatic carbocycles. The van der Waals surface area contributed by atoms with Crippen molar-refractivity contribution in [1.82, 2.24) is 0 Å². The van der Waals surface area contributed by atoms with Gasteiger partial charge in [-0.15, -0.1) is 0 Å². The summed E-state index contributed by atoms with van der Waals surface area (Å²) in [7, 11) is 0. The first-order valence-corrected chi connectivity index (χ1v) is 6.61. The first-order valence-electron chi connectivity index (χ1n) is 5.85. The summed E-state index contributed by atoms with van der Waals surface area (Å²) in [6.45, 7) is 5.55. The number of carboxylic acid groups (broad SMARTS) is 1. The van der Waals surface area contributed by atoms with Crippen LogP contribution in [-0.2, 0) is 9.59 Å². The SMILES string of the molecule is CC(C)(C)Oc1ccc(C(C(=O)O)=C(Cl)Cl)c(N=C=O)c1. The van der Waals surface area contributed by atoms with Gasteiger partial charge in [0.15, 0.2) is 0 Å². The molecule has 112 valence electrons. The second-order valence-electron chi connectivity index (χ2n) is 5.04. The van der Waals surface area contributed by atoms with Crippen LogP contribution >= 0.6 is 23.2 Å². The number of nitrogens with zero attached hydrogens (tertiary/aromatic N) is 1. The molecule has 1 aromatic rings. The highest BCUT2D eigenvalue weighted by Gasteiger charge is 2.20. The van der Waals surface area contributed by atoms with Crippen LogP contribution in [0.3, 0.4) is 0 Å². The van der Waals surface area contributed by atoms with Crippen molar-refractivity contribution in [2.75, 3.05) is 0 Å². The summed E-state index contributed by atoms with van der Waals surface area (Å²) >= 11 is 11.2. The van der Waals surface area contributed by atoms with Crippen LogP contribution in [0, 0.1) is 0 Å². The topological polar surface area (TPSA) is 76.0 Å². The highest BCUT2D eigenvalue weighted by molar-refractivity contribution is 6.61. The van der Waals surface area contributed by atoms with E-state index in [1.165, 1.54) is 18.2 Å². The number of halogens is 2. The zero-order valence-corrected chi connectivity index (χ0v) is 13.1. The predicted molar refractivity (Wildman–Crippen MR) is 80.9 cm³/mol. The van der Waals surface area contributed by atoms with Crippen LogP contribution in [0.2, 0.25) is 0 Å². The Labute approximate surface area is 131 Å². The summed E-state index contributed by atoms with van der Waals surface area (Å²) < 4.78 is 5.19. The number of aliphatic carboxylic acids is 1. The molecule has 0 heterocycles. The van der Waals surface area contributed by atoms with Crippen LogP contribution in [0.4, 0.5) is 5.69 Å². The minimum absolute atomic E-state index is 0.0583. The van der Waals surface area contributed by atoms with Crippen molar-refractivity contribution in [2.24, 2.45) is 4.99 Å². The molecule has 21 heavy (non-hydrogen) atoms. The third kappa shape index (κ3) is 4.90. The maximum atomic E-state index is 11.2. The summed E-state index contributed by atoms with van der Waals surface area (Å²) in [5.41, 5.74) is -0.649.